The molecule has 35 heavy (non-hydrogen) atoms. The van der Waals surface area contributed by atoms with E-state index >= 15 is 0 Å². The predicted molar refractivity (Wildman–Crippen MR) is 133 cm³/mol. The topological polar surface area (TPSA) is 113 Å². The first-order valence-corrected chi connectivity index (χ1v) is 11.0. The average Bonchev–Trinajstić information content (AvgIpc) is 3.27. The lowest BCUT2D eigenvalue weighted by molar-refractivity contribution is -0.385. The maximum Gasteiger partial charge on any atom is 0.311 e. The summed E-state index contributed by atoms with van der Waals surface area (Å²) in [7, 11) is 0. The number of rotatable bonds is 6. The lowest BCUT2D eigenvalue weighted by Gasteiger charge is -2.07. The SMILES string of the molecule is CCOc1ccc(C=Nn2c(-c3cc4cc(Cl)ccc4o3)nc3ccccc3c2=O)cc1[N+](=O)[O-]. The van der Waals surface area contributed by atoms with Crippen molar-refractivity contribution < 1.29 is 14.1 Å². The molecule has 3 aromatic carbocycles. The summed E-state index contributed by atoms with van der Waals surface area (Å²) >= 11 is 6.10. The molecule has 2 heterocycles. The summed E-state index contributed by atoms with van der Waals surface area (Å²) in [5, 5.41) is 17.5. The molecule has 0 radical (unpaired) electrons. The molecule has 2 aromatic heterocycles. The van der Waals surface area contributed by atoms with Gasteiger partial charge in [0.1, 0.15) is 5.58 Å². The largest absolute Gasteiger partial charge is 0.487 e. The predicted octanol–water partition coefficient (Wildman–Crippen LogP) is 5.65. The number of fused-ring (bicyclic) bond motifs is 2. The van der Waals surface area contributed by atoms with Crippen LogP contribution in [0.4, 0.5) is 5.69 Å². The van der Waals surface area contributed by atoms with Gasteiger partial charge >= 0.3 is 5.69 Å². The monoisotopic (exact) mass is 488 g/mol. The van der Waals surface area contributed by atoms with Crippen molar-refractivity contribution in [2.24, 2.45) is 5.10 Å². The van der Waals surface area contributed by atoms with Crippen LogP contribution < -0.4 is 10.3 Å². The summed E-state index contributed by atoms with van der Waals surface area (Å²) in [6.07, 6.45) is 1.35. The van der Waals surface area contributed by atoms with Crippen molar-refractivity contribution in [2.45, 2.75) is 6.92 Å². The quantitative estimate of drug-likeness (QED) is 0.173. The second-order valence-electron chi connectivity index (χ2n) is 7.52. The number of nitro benzene ring substituents is 1. The van der Waals surface area contributed by atoms with Crippen LogP contribution in [0.15, 0.2) is 81.0 Å². The Labute approximate surface area is 203 Å². The Balaban J connectivity index is 1.67. The standard InChI is InChI=1S/C25H17ClN4O5/c1-2-34-22-9-7-15(11-20(22)30(32)33)14-27-29-24(28-19-6-4-3-5-18(19)25(29)31)23-13-16-12-17(26)8-10-21(16)35-23/h3-14H,2H2,1H3. The minimum atomic E-state index is -0.531. The lowest BCUT2D eigenvalue weighted by Crippen LogP contribution is -2.20. The Kier molecular flexibility index (Phi) is 5.76. The van der Waals surface area contributed by atoms with Crippen molar-refractivity contribution in [3.8, 4) is 17.3 Å². The third kappa shape index (κ3) is 4.24. The van der Waals surface area contributed by atoms with Crippen LogP contribution in [-0.4, -0.2) is 27.4 Å². The van der Waals surface area contributed by atoms with E-state index in [2.05, 4.69) is 10.1 Å². The molecule has 0 saturated carbocycles. The van der Waals surface area contributed by atoms with Gasteiger partial charge in [-0.05, 0) is 55.5 Å². The van der Waals surface area contributed by atoms with Gasteiger partial charge in [-0.3, -0.25) is 14.9 Å². The zero-order chi connectivity index (χ0) is 24.5. The van der Waals surface area contributed by atoms with E-state index in [1.54, 1.807) is 61.5 Å². The molecule has 0 bridgehead atoms. The maximum absolute atomic E-state index is 13.3. The Morgan fingerprint density at radius 1 is 1.17 bits per heavy atom. The van der Waals surface area contributed by atoms with Crippen LogP contribution in [0.1, 0.15) is 12.5 Å². The van der Waals surface area contributed by atoms with E-state index in [4.69, 9.17) is 20.8 Å². The minimum Gasteiger partial charge on any atom is -0.487 e. The fraction of sp³-hybridized carbons (Fsp3) is 0.0800. The van der Waals surface area contributed by atoms with Gasteiger partial charge in [-0.2, -0.15) is 9.78 Å². The van der Waals surface area contributed by atoms with E-state index in [1.807, 2.05) is 0 Å². The molecule has 174 valence electrons. The molecular formula is C25H17ClN4O5. The van der Waals surface area contributed by atoms with Crippen LogP contribution in [0, 0.1) is 10.1 Å². The number of halogens is 1. The molecule has 0 aliphatic carbocycles. The van der Waals surface area contributed by atoms with Gasteiger partial charge in [0.2, 0.25) is 5.82 Å². The second-order valence-corrected chi connectivity index (χ2v) is 7.96. The number of furan rings is 1. The highest BCUT2D eigenvalue weighted by Crippen LogP contribution is 2.30. The summed E-state index contributed by atoms with van der Waals surface area (Å²) in [4.78, 5) is 28.9. The molecule has 0 unspecified atom stereocenters. The summed E-state index contributed by atoms with van der Waals surface area (Å²) in [5.41, 5.74) is 0.844. The van der Waals surface area contributed by atoms with Gasteiger partial charge in [-0.1, -0.05) is 23.7 Å². The summed E-state index contributed by atoms with van der Waals surface area (Å²) in [6.45, 7) is 2.03. The third-order valence-electron chi connectivity index (χ3n) is 5.25. The highest BCUT2D eigenvalue weighted by molar-refractivity contribution is 6.31. The van der Waals surface area contributed by atoms with Crippen molar-refractivity contribution in [1.82, 2.24) is 9.66 Å². The molecule has 9 nitrogen and oxygen atoms in total. The second kappa shape index (κ2) is 9.03. The van der Waals surface area contributed by atoms with E-state index in [0.717, 1.165) is 10.1 Å². The van der Waals surface area contributed by atoms with Gasteiger partial charge < -0.3 is 9.15 Å². The maximum atomic E-state index is 13.3. The molecule has 0 aliphatic rings. The number of nitro groups is 1. The van der Waals surface area contributed by atoms with E-state index < -0.39 is 10.5 Å². The summed E-state index contributed by atoms with van der Waals surface area (Å²) in [5.74, 6) is 0.651. The minimum absolute atomic E-state index is 0.154. The van der Waals surface area contributed by atoms with Crippen LogP contribution in [0.25, 0.3) is 33.5 Å². The van der Waals surface area contributed by atoms with Crippen LogP contribution in [0.3, 0.4) is 0 Å². The Bertz CT molecular complexity index is 1690. The van der Waals surface area contributed by atoms with Gasteiger partial charge in [0.25, 0.3) is 5.56 Å². The molecule has 0 N–H and O–H groups in total. The van der Waals surface area contributed by atoms with Crippen molar-refractivity contribution >= 4 is 45.4 Å². The number of hydrogen-bond donors (Lipinski definition) is 0. The number of para-hydroxylation sites is 1. The number of benzene rings is 3. The van der Waals surface area contributed by atoms with E-state index in [-0.39, 0.29) is 17.3 Å². The summed E-state index contributed by atoms with van der Waals surface area (Å²) < 4.78 is 12.4. The van der Waals surface area contributed by atoms with Crippen molar-refractivity contribution in [3.05, 3.63) is 97.8 Å². The normalized spacial score (nSPS) is 11.5. The van der Waals surface area contributed by atoms with Crippen LogP contribution >= 0.6 is 11.6 Å². The molecule has 0 saturated heterocycles. The molecule has 0 amide bonds. The van der Waals surface area contributed by atoms with E-state index in [1.165, 1.54) is 18.3 Å². The third-order valence-corrected chi connectivity index (χ3v) is 5.49. The fourth-order valence-corrected chi connectivity index (χ4v) is 3.85. The van der Waals surface area contributed by atoms with Crippen LogP contribution in [-0.2, 0) is 0 Å². The van der Waals surface area contributed by atoms with Crippen molar-refractivity contribution in [2.75, 3.05) is 6.61 Å². The van der Waals surface area contributed by atoms with Gasteiger partial charge in [-0.25, -0.2) is 4.98 Å². The average molecular weight is 489 g/mol. The number of aromatic nitrogens is 2. The Morgan fingerprint density at radius 3 is 2.80 bits per heavy atom. The lowest BCUT2D eigenvalue weighted by atomic mass is 10.2. The van der Waals surface area contributed by atoms with Gasteiger partial charge in [0.05, 0.1) is 28.6 Å². The highest BCUT2D eigenvalue weighted by Gasteiger charge is 2.18. The van der Waals surface area contributed by atoms with E-state index in [9.17, 15) is 14.9 Å². The van der Waals surface area contributed by atoms with E-state index in [0.29, 0.717) is 39.4 Å². The summed E-state index contributed by atoms with van der Waals surface area (Å²) in [6, 6.07) is 18.2. The molecule has 5 aromatic rings. The first-order valence-electron chi connectivity index (χ1n) is 10.6. The molecule has 0 atom stereocenters. The molecule has 0 fully saturated rings. The molecule has 10 heteroatoms. The number of ether oxygens (including phenoxy) is 1. The van der Waals surface area contributed by atoms with Crippen molar-refractivity contribution in [1.29, 1.82) is 0 Å². The number of hydrogen-bond acceptors (Lipinski definition) is 7. The van der Waals surface area contributed by atoms with Crippen molar-refractivity contribution in [3.63, 3.8) is 0 Å². The molecular weight excluding hydrogens is 472 g/mol. The van der Waals surface area contributed by atoms with Gasteiger partial charge in [0, 0.05) is 22.0 Å². The first-order chi connectivity index (χ1) is 16.9. The zero-order valence-corrected chi connectivity index (χ0v) is 19.1. The Hall–Kier alpha value is -4.50. The fourth-order valence-electron chi connectivity index (χ4n) is 3.67. The van der Waals surface area contributed by atoms with Crippen LogP contribution in [0.2, 0.25) is 5.02 Å². The van der Waals surface area contributed by atoms with Gasteiger partial charge in [-0.15, -0.1) is 0 Å². The Morgan fingerprint density at radius 2 is 2.00 bits per heavy atom. The molecule has 5 rings (SSSR count). The smallest absolute Gasteiger partial charge is 0.311 e. The van der Waals surface area contributed by atoms with Gasteiger partial charge in [0.15, 0.2) is 11.5 Å². The zero-order valence-electron chi connectivity index (χ0n) is 18.3. The van der Waals surface area contributed by atoms with Crippen LogP contribution in [0.5, 0.6) is 5.75 Å². The number of nitrogens with zero attached hydrogens (tertiary/aromatic N) is 4. The molecule has 0 spiro atoms. The highest BCUT2D eigenvalue weighted by atomic mass is 35.5. The molecule has 0 aliphatic heterocycles. The first kappa shape index (κ1) is 22.3.